The molecule has 2 rings (SSSR count). The van der Waals surface area contributed by atoms with E-state index in [1.54, 1.807) is 24.3 Å². The zero-order valence-corrected chi connectivity index (χ0v) is 12.4. The van der Waals surface area contributed by atoms with E-state index in [9.17, 15) is 9.59 Å². The van der Waals surface area contributed by atoms with Gasteiger partial charge >= 0.3 is 5.97 Å². The number of carbonyl (C=O) groups excluding carboxylic acids is 2. The minimum absolute atomic E-state index is 0.280. The van der Waals surface area contributed by atoms with E-state index in [0.29, 0.717) is 17.1 Å². The summed E-state index contributed by atoms with van der Waals surface area (Å²) in [5.74, 6) is -0.584. The Labute approximate surface area is 133 Å². The Hall–Kier alpha value is -3.33. The number of rotatable bonds is 5. The van der Waals surface area contributed by atoms with Crippen LogP contribution in [0.25, 0.3) is 4.85 Å². The van der Waals surface area contributed by atoms with E-state index in [1.165, 1.54) is 31.4 Å². The Morgan fingerprint density at radius 2 is 1.83 bits per heavy atom. The van der Waals surface area contributed by atoms with Crippen LogP contribution < -0.4 is 10.1 Å². The lowest BCUT2D eigenvalue weighted by Crippen LogP contribution is -2.21. The molecule has 23 heavy (non-hydrogen) atoms. The van der Waals surface area contributed by atoms with Crippen LogP contribution in [0.3, 0.4) is 0 Å². The summed E-state index contributed by atoms with van der Waals surface area (Å²) in [6.45, 7) is 6.43. The first-order valence-corrected chi connectivity index (χ1v) is 6.71. The fraction of sp³-hybridized carbons (Fsp3) is 0.118. The molecular weight excluding hydrogens is 296 g/mol. The number of anilines is 1. The molecule has 0 spiro atoms. The van der Waals surface area contributed by atoms with Crippen molar-refractivity contribution in [2.24, 2.45) is 0 Å². The summed E-state index contributed by atoms with van der Waals surface area (Å²) in [5, 5.41) is 2.61. The van der Waals surface area contributed by atoms with Gasteiger partial charge in [0.15, 0.2) is 12.3 Å². The van der Waals surface area contributed by atoms with Crippen LogP contribution in [0.2, 0.25) is 0 Å². The van der Waals surface area contributed by atoms with Crippen molar-refractivity contribution in [2.75, 3.05) is 19.0 Å². The minimum atomic E-state index is -0.628. The van der Waals surface area contributed by atoms with E-state index in [2.05, 4.69) is 10.2 Å². The molecule has 0 aliphatic carbocycles. The van der Waals surface area contributed by atoms with Gasteiger partial charge in [0.1, 0.15) is 5.75 Å². The fourth-order valence-corrected chi connectivity index (χ4v) is 1.82. The second-order valence-corrected chi connectivity index (χ2v) is 4.48. The predicted octanol–water partition coefficient (Wildman–Crippen LogP) is 3.04. The Morgan fingerprint density at radius 3 is 2.48 bits per heavy atom. The molecule has 0 fully saturated rings. The van der Waals surface area contributed by atoms with Crippen LogP contribution in [-0.4, -0.2) is 25.6 Å². The molecule has 1 amide bonds. The van der Waals surface area contributed by atoms with Crippen molar-refractivity contribution in [3.63, 3.8) is 0 Å². The van der Waals surface area contributed by atoms with Crippen LogP contribution in [-0.2, 0) is 9.53 Å². The zero-order valence-electron chi connectivity index (χ0n) is 12.4. The van der Waals surface area contributed by atoms with Crippen molar-refractivity contribution < 1.29 is 19.1 Å². The van der Waals surface area contributed by atoms with E-state index >= 15 is 0 Å². The van der Waals surface area contributed by atoms with E-state index < -0.39 is 18.5 Å². The first-order chi connectivity index (χ1) is 11.1. The topological polar surface area (TPSA) is 69.0 Å². The Morgan fingerprint density at radius 1 is 1.13 bits per heavy atom. The lowest BCUT2D eigenvalue weighted by molar-refractivity contribution is -0.119. The number of para-hydroxylation sites is 2. The van der Waals surface area contributed by atoms with Crippen LogP contribution in [0.4, 0.5) is 11.4 Å². The van der Waals surface area contributed by atoms with Gasteiger partial charge in [-0.2, -0.15) is 0 Å². The fourth-order valence-electron chi connectivity index (χ4n) is 1.82. The summed E-state index contributed by atoms with van der Waals surface area (Å²) < 4.78 is 10.1. The van der Waals surface area contributed by atoms with Gasteiger partial charge in [0.25, 0.3) is 5.91 Å². The molecule has 6 heteroatoms. The molecule has 0 aromatic heterocycles. The summed E-state index contributed by atoms with van der Waals surface area (Å²) in [5.41, 5.74) is 1.20. The SMILES string of the molecule is [C-]#[N+]c1ccc(C(=O)OCC(=O)Nc2ccccc2OC)cc1. The first kappa shape index (κ1) is 16.0. The molecule has 0 saturated heterocycles. The van der Waals surface area contributed by atoms with Crippen LogP contribution in [0.5, 0.6) is 5.75 Å². The molecule has 0 heterocycles. The Kier molecular flexibility index (Phi) is 5.31. The van der Waals surface area contributed by atoms with Gasteiger partial charge in [-0.05, 0) is 12.1 Å². The summed E-state index contributed by atoms with van der Waals surface area (Å²) in [7, 11) is 1.50. The highest BCUT2D eigenvalue weighted by molar-refractivity contribution is 5.96. The van der Waals surface area contributed by atoms with Crippen LogP contribution in [0, 0.1) is 6.57 Å². The Bertz CT molecular complexity index is 748. The van der Waals surface area contributed by atoms with Gasteiger partial charge in [-0.1, -0.05) is 36.4 Å². The maximum atomic E-state index is 11.8. The van der Waals surface area contributed by atoms with Crippen molar-refractivity contribution >= 4 is 23.3 Å². The van der Waals surface area contributed by atoms with Gasteiger partial charge in [-0.25, -0.2) is 9.64 Å². The predicted molar refractivity (Wildman–Crippen MR) is 84.6 cm³/mol. The molecule has 0 saturated carbocycles. The second-order valence-electron chi connectivity index (χ2n) is 4.48. The Balaban J connectivity index is 1.91. The quantitative estimate of drug-likeness (QED) is 0.681. The van der Waals surface area contributed by atoms with Crippen molar-refractivity contribution in [1.82, 2.24) is 0 Å². The maximum Gasteiger partial charge on any atom is 0.338 e. The average Bonchev–Trinajstić information content (AvgIpc) is 2.60. The molecule has 6 nitrogen and oxygen atoms in total. The number of hydrogen-bond donors (Lipinski definition) is 1. The zero-order chi connectivity index (χ0) is 16.7. The third-order valence-electron chi connectivity index (χ3n) is 2.95. The molecular formula is C17H14N2O4. The van der Waals surface area contributed by atoms with Gasteiger partial charge in [0, 0.05) is 0 Å². The molecule has 0 aliphatic rings. The van der Waals surface area contributed by atoms with Crippen LogP contribution in [0.15, 0.2) is 48.5 Å². The monoisotopic (exact) mass is 310 g/mol. The minimum Gasteiger partial charge on any atom is -0.495 e. The molecule has 2 aromatic rings. The highest BCUT2D eigenvalue weighted by atomic mass is 16.5. The van der Waals surface area contributed by atoms with Gasteiger partial charge in [-0.15, -0.1) is 0 Å². The van der Waals surface area contributed by atoms with Crippen molar-refractivity contribution in [1.29, 1.82) is 0 Å². The number of methoxy groups -OCH3 is 1. The molecule has 2 aromatic carbocycles. The number of nitrogens with zero attached hydrogens (tertiary/aromatic N) is 1. The molecule has 0 radical (unpaired) electrons. The summed E-state index contributed by atoms with van der Waals surface area (Å²) in [4.78, 5) is 26.9. The standard InChI is InChI=1S/C17H14N2O4/c1-18-13-9-7-12(8-10-13)17(21)23-11-16(20)19-14-5-3-4-6-15(14)22-2/h3-10H,11H2,2H3,(H,19,20). The van der Waals surface area contributed by atoms with E-state index in [-0.39, 0.29) is 5.56 Å². The third-order valence-corrected chi connectivity index (χ3v) is 2.95. The first-order valence-electron chi connectivity index (χ1n) is 6.71. The van der Waals surface area contributed by atoms with Crippen molar-refractivity contribution in [2.45, 2.75) is 0 Å². The highest BCUT2D eigenvalue weighted by Gasteiger charge is 2.11. The summed E-state index contributed by atoms with van der Waals surface area (Å²) in [6, 6.07) is 12.9. The highest BCUT2D eigenvalue weighted by Crippen LogP contribution is 2.22. The normalized spacial score (nSPS) is 9.57. The molecule has 0 unspecified atom stereocenters. The van der Waals surface area contributed by atoms with E-state index in [0.717, 1.165) is 0 Å². The summed E-state index contributed by atoms with van der Waals surface area (Å²) >= 11 is 0. The van der Waals surface area contributed by atoms with E-state index in [1.807, 2.05) is 0 Å². The van der Waals surface area contributed by atoms with Gasteiger partial charge in [0.05, 0.1) is 24.9 Å². The van der Waals surface area contributed by atoms with Crippen molar-refractivity contribution in [3.05, 3.63) is 65.5 Å². The van der Waals surface area contributed by atoms with Crippen molar-refractivity contribution in [3.8, 4) is 5.75 Å². The molecule has 0 aliphatic heterocycles. The lowest BCUT2D eigenvalue weighted by atomic mass is 10.2. The molecule has 116 valence electrons. The number of ether oxygens (including phenoxy) is 2. The number of hydrogen-bond acceptors (Lipinski definition) is 4. The second kappa shape index (κ2) is 7.61. The number of nitrogens with one attached hydrogen (secondary N) is 1. The largest absolute Gasteiger partial charge is 0.495 e. The average molecular weight is 310 g/mol. The number of esters is 1. The number of benzene rings is 2. The number of carbonyl (C=O) groups is 2. The lowest BCUT2D eigenvalue weighted by Gasteiger charge is -2.10. The van der Waals surface area contributed by atoms with E-state index in [4.69, 9.17) is 16.0 Å². The molecule has 0 bridgehead atoms. The molecule has 1 N–H and O–H groups in total. The molecule has 0 atom stereocenters. The summed E-state index contributed by atoms with van der Waals surface area (Å²) in [6.07, 6.45) is 0. The van der Waals surface area contributed by atoms with Gasteiger partial charge in [-0.3, -0.25) is 4.79 Å². The maximum absolute atomic E-state index is 11.8. The van der Waals surface area contributed by atoms with Crippen LogP contribution >= 0.6 is 0 Å². The van der Waals surface area contributed by atoms with Gasteiger partial charge in [0.2, 0.25) is 0 Å². The van der Waals surface area contributed by atoms with Crippen LogP contribution in [0.1, 0.15) is 10.4 Å². The number of amides is 1. The van der Waals surface area contributed by atoms with Gasteiger partial charge < -0.3 is 14.8 Å². The smallest absolute Gasteiger partial charge is 0.338 e. The third kappa shape index (κ3) is 4.32.